The van der Waals surface area contributed by atoms with E-state index in [-0.39, 0.29) is 32.1 Å². The largest absolute Gasteiger partial charge is 0.472 e. The normalized spacial score (nSPS) is 14.2. The van der Waals surface area contributed by atoms with Crippen molar-refractivity contribution in [3.05, 3.63) is 0 Å². The Morgan fingerprint density at radius 1 is 0.931 bits per heavy atom. The standard InChI is InChI=1S/C19H38NO8P/c1-3-5-7-8-9-10-11-18(22)20-13-14-27-29(24,25)28-16-17(21)15-26-19(23)12-6-4-2/h17,21H,3-16H2,1-2H3,(H,20,22)(H,24,25). The Morgan fingerprint density at radius 3 is 2.28 bits per heavy atom. The quantitative estimate of drug-likeness (QED) is 0.159. The van der Waals surface area contributed by atoms with Crippen LogP contribution in [0.15, 0.2) is 0 Å². The summed E-state index contributed by atoms with van der Waals surface area (Å²) in [6, 6.07) is 0. The highest BCUT2D eigenvalue weighted by molar-refractivity contribution is 7.47. The van der Waals surface area contributed by atoms with Gasteiger partial charge in [-0.3, -0.25) is 18.6 Å². The van der Waals surface area contributed by atoms with Gasteiger partial charge >= 0.3 is 13.8 Å². The summed E-state index contributed by atoms with van der Waals surface area (Å²) in [7, 11) is -4.36. The number of hydrogen-bond acceptors (Lipinski definition) is 7. The van der Waals surface area contributed by atoms with E-state index in [2.05, 4.69) is 16.8 Å². The van der Waals surface area contributed by atoms with E-state index in [4.69, 9.17) is 9.26 Å². The zero-order valence-corrected chi connectivity index (χ0v) is 18.7. The van der Waals surface area contributed by atoms with E-state index in [1.165, 1.54) is 19.3 Å². The first kappa shape index (κ1) is 28.0. The molecule has 1 amide bonds. The van der Waals surface area contributed by atoms with Crippen LogP contribution in [-0.4, -0.2) is 54.3 Å². The summed E-state index contributed by atoms with van der Waals surface area (Å²) in [6.45, 7) is 3.14. The number of esters is 1. The van der Waals surface area contributed by atoms with E-state index in [9.17, 15) is 24.2 Å². The lowest BCUT2D eigenvalue weighted by Crippen LogP contribution is -2.27. The van der Waals surface area contributed by atoms with E-state index in [1.807, 2.05) is 6.92 Å². The van der Waals surface area contributed by atoms with Gasteiger partial charge in [0.15, 0.2) is 0 Å². The number of unbranched alkanes of at least 4 members (excludes halogenated alkanes) is 6. The third-order valence-electron chi connectivity index (χ3n) is 4.04. The van der Waals surface area contributed by atoms with Crippen molar-refractivity contribution in [3.8, 4) is 0 Å². The maximum Gasteiger partial charge on any atom is 0.472 e. The fraction of sp³-hybridized carbons (Fsp3) is 0.895. The molecule has 29 heavy (non-hydrogen) atoms. The van der Waals surface area contributed by atoms with Crippen molar-refractivity contribution >= 4 is 19.7 Å². The SMILES string of the molecule is CCCCCCCCC(=O)NCCOP(=O)(O)OCC(O)COC(=O)CCCC. The number of amides is 1. The monoisotopic (exact) mass is 439 g/mol. The van der Waals surface area contributed by atoms with Gasteiger partial charge in [-0.15, -0.1) is 0 Å². The Labute approximate surface area is 174 Å². The number of carbonyl (C=O) groups excluding carboxylic acids is 2. The molecule has 0 rings (SSSR count). The summed E-state index contributed by atoms with van der Waals surface area (Å²) in [5, 5.41) is 12.2. The van der Waals surface area contributed by atoms with Crippen LogP contribution in [0.5, 0.6) is 0 Å². The van der Waals surface area contributed by atoms with Crippen molar-refractivity contribution in [1.82, 2.24) is 5.32 Å². The first-order chi connectivity index (χ1) is 13.8. The molecule has 0 aromatic carbocycles. The van der Waals surface area contributed by atoms with E-state index >= 15 is 0 Å². The van der Waals surface area contributed by atoms with Crippen LogP contribution in [0.2, 0.25) is 0 Å². The predicted octanol–water partition coefficient (Wildman–Crippen LogP) is 3.08. The molecule has 172 valence electrons. The highest BCUT2D eigenvalue weighted by atomic mass is 31.2. The van der Waals surface area contributed by atoms with Crippen molar-refractivity contribution in [1.29, 1.82) is 0 Å². The molecule has 0 heterocycles. The minimum atomic E-state index is -4.36. The Hall–Kier alpha value is -0.990. The Balaban J connectivity index is 3.75. The van der Waals surface area contributed by atoms with Gasteiger partial charge in [0.05, 0.1) is 13.2 Å². The van der Waals surface area contributed by atoms with Crippen LogP contribution in [0.4, 0.5) is 0 Å². The van der Waals surface area contributed by atoms with Crippen LogP contribution in [0, 0.1) is 0 Å². The molecule has 0 aliphatic heterocycles. The number of ether oxygens (including phenoxy) is 1. The number of rotatable bonds is 19. The number of carbonyl (C=O) groups is 2. The van der Waals surface area contributed by atoms with Crippen LogP contribution < -0.4 is 5.32 Å². The zero-order valence-electron chi connectivity index (χ0n) is 17.8. The molecule has 0 saturated carbocycles. The van der Waals surface area contributed by atoms with Gasteiger partial charge in [-0.25, -0.2) is 4.57 Å². The molecular formula is C19H38NO8P. The van der Waals surface area contributed by atoms with Gasteiger partial charge in [-0.2, -0.15) is 0 Å². The molecule has 0 aliphatic rings. The molecule has 2 atom stereocenters. The average molecular weight is 439 g/mol. The van der Waals surface area contributed by atoms with Gasteiger partial charge in [-0.05, 0) is 12.8 Å². The molecule has 0 aromatic heterocycles. The van der Waals surface area contributed by atoms with Crippen LogP contribution in [0.25, 0.3) is 0 Å². The number of phosphoric ester groups is 1. The topological polar surface area (TPSA) is 131 Å². The van der Waals surface area contributed by atoms with E-state index in [1.54, 1.807) is 0 Å². The van der Waals surface area contributed by atoms with Crippen LogP contribution in [0.1, 0.15) is 78.1 Å². The van der Waals surface area contributed by atoms with Crippen molar-refractivity contribution < 1.29 is 37.9 Å². The smallest absolute Gasteiger partial charge is 0.463 e. The molecule has 3 N–H and O–H groups in total. The minimum absolute atomic E-state index is 0.0835. The van der Waals surface area contributed by atoms with E-state index in [0.29, 0.717) is 12.8 Å². The third kappa shape index (κ3) is 18.8. The molecule has 10 heteroatoms. The number of aliphatic hydroxyl groups excluding tert-OH is 1. The lowest BCUT2D eigenvalue weighted by Gasteiger charge is -2.15. The first-order valence-corrected chi connectivity index (χ1v) is 12.0. The van der Waals surface area contributed by atoms with E-state index in [0.717, 1.165) is 25.7 Å². The third-order valence-corrected chi connectivity index (χ3v) is 5.02. The number of phosphoric acid groups is 1. The van der Waals surface area contributed by atoms with Crippen LogP contribution in [0.3, 0.4) is 0 Å². The molecule has 0 saturated heterocycles. The summed E-state index contributed by atoms with van der Waals surface area (Å²) >= 11 is 0. The molecule has 0 spiro atoms. The summed E-state index contributed by atoms with van der Waals surface area (Å²) < 4.78 is 25.9. The lowest BCUT2D eigenvalue weighted by molar-refractivity contribution is -0.147. The molecule has 0 aromatic rings. The second kappa shape index (κ2) is 17.8. The molecule has 9 nitrogen and oxygen atoms in total. The van der Waals surface area contributed by atoms with Gasteiger partial charge in [0.25, 0.3) is 0 Å². The van der Waals surface area contributed by atoms with Crippen molar-refractivity contribution in [3.63, 3.8) is 0 Å². The highest BCUT2D eigenvalue weighted by Crippen LogP contribution is 2.42. The molecule has 0 fully saturated rings. The Morgan fingerprint density at radius 2 is 1.59 bits per heavy atom. The van der Waals surface area contributed by atoms with Gasteiger partial charge in [0.1, 0.15) is 12.7 Å². The van der Waals surface area contributed by atoms with Crippen molar-refractivity contribution in [2.75, 3.05) is 26.4 Å². The van der Waals surface area contributed by atoms with E-state index < -0.39 is 26.5 Å². The van der Waals surface area contributed by atoms with Crippen molar-refractivity contribution in [2.24, 2.45) is 0 Å². The number of aliphatic hydroxyl groups is 1. The highest BCUT2D eigenvalue weighted by Gasteiger charge is 2.23. The van der Waals surface area contributed by atoms with Gasteiger partial charge in [0.2, 0.25) is 5.91 Å². The summed E-state index contributed by atoms with van der Waals surface area (Å²) in [5.74, 6) is -0.566. The zero-order chi connectivity index (χ0) is 22.0. The van der Waals surface area contributed by atoms with Gasteiger partial charge < -0.3 is 20.1 Å². The molecular weight excluding hydrogens is 401 g/mol. The van der Waals surface area contributed by atoms with Crippen molar-refractivity contribution in [2.45, 2.75) is 84.2 Å². The fourth-order valence-electron chi connectivity index (χ4n) is 2.35. The molecule has 0 radical (unpaired) electrons. The summed E-state index contributed by atoms with van der Waals surface area (Å²) in [4.78, 5) is 32.5. The lowest BCUT2D eigenvalue weighted by atomic mass is 10.1. The maximum atomic E-state index is 11.7. The first-order valence-electron chi connectivity index (χ1n) is 10.5. The van der Waals surface area contributed by atoms with Gasteiger partial charge in [-0.1, -0.05) is 52.4 Å². The average Bonchev–Trinajstić information content (AvgIpc) is 2.69. The summed E-state index contributed by atoms with van der Waals surface area (Å²) in [6.07, 6.45) is 7.54. The fourth-order valence-corrected chi connectivity index (χ4v) is 3.11. The predicted molar refractivity (Wildman–Crippen MR) is 109 cm³/mol. The summed E-state index contributed by atoms with van der Waals surface area (Å²) in [5.41, 5.74) is 0. The minimum Gasteiger partial charge on any atom is -0.463 e. The number of nitrogens with one attached hydrogen (secondary N) is 1. The molecule has 2 unspecified atom stereocenters. The Kier molecular flexibility index (Phi) is 17.2. The van der Waals surface area contributed by atoms with Crippen LogP contribution in [-0.2, 0) is 27.9 Å². The van der Waals surface area contributed by atoms with Crippen LogP contribution >= 0.6 is 7.82 Å². The van der Waals surface area contributed by atoms with Gasteiger partial charge in [0, 0.05) is 19.4 Å². The second-order valence-electron chi connectivity index (χ2n) is 6.91. The maximum absolute atomic E-state index is 11.7. The Bertz CT molecular complexity index is 489. The number of hydrogen-bond donors (Lipinski definition) is 3. The second-order valence-corrected chi connectivity index (χ2v) is 8.36. The molecule has 0 bridgehead atoms. The molecule has 0 aliphatic carbocycles.